The maximum atomic E-state index is 12.4. The average Bonchev–Trinajstić information content (AvgIpc) is 3.15. The van der Waals surface area contributed by atoms with Gasteiger partial charge in [-0.15, -0.1) is 11.3 Å². The van der Waals surface area contributed by atoms with Crippen molar-refractivity contribution < 1.29 is 8.42 Å². The van der Waals surface area contributed by atoms with E-state index in [2.05, 4.69) is 9.71 Å². The fourth-order valence-corrected chi connectivity index (χ4v) is 4.55. The first-order chi connectivity index (χ1) is 9.87. The van der Waals surface area contributed by atoms with Crippen LogP contribution in [0.25, 0.3) is 0 Å². The van der Waals surface area contributed by atoms with Gasteiger partial charge < -0.3 is 5.73 Å². The summed E-state index contributed by atoms with van der Waals surface area (Å²) in [6.45, 7) is 1.68. The van der Waals surface area contributed by atoms with E-state index in [0.717, 1.165) is 18.5 Å². The second kappa shape index (κ2) is 5.15. The zero-order chi connectivity index (χ0) is 15.2. The van der Waals surface area contributed by atoms with Crippen molar-refractivity contribution in [3.8, 4) is 0 Å². The SMILES string of the molecule is Cc1cc(Cl)c(N)cc1S(=O)(=O)Nc1nc(C2CC2)cs1. The van der Waals surface area contributed by atoms with Gasteiger partial charge in [0, 0.05) is 11.3 Å². The highest BCUT2D eigenvalue weighted by Gasteiger charge is 2.27. The molecule has 3 N–H and O–H groups in total. The second-order valence-electron chi connectivity index (χ2n) is 5.10. The lowest BCUT2D eigenvalue weighted by Gasteiger charge is -2.10. The van der Waals surface area contributed by atoms with Gasteiger partial charge in [0.05, 0.1) is 21.3 Å². The van der Waals surface area contributed by atoms with Crippen molar-refractivity contribution in [1.29, 1.82) is 0 Å². The van der Waals surface area contributed by atoms with Crippen molar-refractivity contribution in [2.24, 2.45) is 0 Å². The number of hydrogen-bond donors (Lipinski definition) is 2. The molecule has 0 saturated heterocycles. The van der Waals surface area contributed by atoms with Crippen molar-refractivity contribution in [2.45, 2.75) is 30.6 Å². The number of nitrogen functional groups attached to an aromatic ring is 1. The first-order valence-electron chi connectivity index (χ1n) is 6.40. The molecule has 0 amide bonds. The molecule has 0 atom stereocenters. The summed E-state index contributed by atoms with van der Waals surface area (Å²) >= 11 is 7.18. The highest BCUT2D eigenvalue weighted by atomic mass is 35.5. The van der Waals surface area contributed by atoms with Crippen LogP contribution in [0.5, 0.6) is 0 Å². The summed E-state index contributed by atoms with van der Waals surface area (Å²) in [5.74, 6) is 0.493. The zero-order valence-electron chi connectivity index (χ0n) is 11.3. The van der Waals surface area contributed by atoms with E-state index in [4.69, 9.17) is 17.3 Å². The van der Waals surface area contributed by atoms with Crippen LogP contribution in [-0.2, 0) is 10.0 Å². The molecule has 0 spiro atoms. The van der Waals surface area contributed by atoms with E-state index < -0.39 is 10.0 Å². The van der Waals surface area contributed by atoms with Crippen molar-refractivity contribution in [1.82, 2.24) is 4.98 Å². The molecule has 112 valence electrons. The summed E-state index contributed by atoms with van der Waals surface area (Å²) in [4.78, 5) is 4.44. The molecule has 8 heteroatoms. The Morgan fingerprint density at radius 3 is 2.81 bits per heavy atom. The van der Waals surface area contributed by atoms with Crippen molar-refractivity contribution in [3.63, 3.8) is 0 Å². The van der Waals surface area contributed by atoms with E-state index in [1.165, 1.54) is 17.4 Å². The van der Waals surface area contributed by atoms with Crippen LogP contribution in [0.1, 0.15) is 30.0 Å². The summed E-state index contributed by atoms with van der Waals surface area (Å²) < 4.78 is 27.4. The van der Waals surface area contributed by atoms with Gasteiger partial charge in [-0.05, 0) is 37.5 Å². The zero-order valence-corrected chi connectivity index (χ0v) is 13.6. The number of sulfonamides is 1. The van der Waals surface area contributed by atoms with Gasteiger partial charge in [0.15, 0.2) is 5.13 Å². The first kappa shape index (κ1) is 14.6. The second-order valence-corrected chi connectivity index (χ2v) is 8.01. The van der Waals surface area contributed by atoms with Gasteiger partial charge in [0.1, 0.15) is 0 Å². The van der Waals surface area contributed by atoms with Gasteiger partial charge in [0.25, 0.3) is 10.0 Å². The number of rotatable bonds is 4. The average molecular weight is 344 g/mol. The maximum absolute atomic E-state index is 12.4. The number of nitrogens with zero attached hydrogens (tertiary/aromatic N) is 1. The number of benzene rings is 1. The van der Waals surface area contributed by atoms with E-state index in [-0.39, 0.29) is 10.6 Å². The molecular formula is C13H14ClN3O2S2. The minimum Gasteiger partial charge on any atom is -0.397 e. The molecule has 21 heavy (non-hydrogen) atoms. The van der Waals surface area contributed by atoms with E-state index in [1.807, 2.05) is 5.38 Å². The Morgan fingerprint density at radius 1 is 1.43 bits per heavy atom. The lowest BCUT2D eigenvalue weighted by atomic mass is 10.2. The predicted octanol–water partition coefficient (Wildman–Crippen LogP) is 3.37. The van der Waals surface area contributed by atoms with Crippen LogP contribution < -0.4 is 10.5 Å². The standard InChI is InChI=1S/C13H14ClN3O2S2/c1-7-4-9(14)10(15)5-12(7)21(18,19)17-13-16-11(6-20-13)8-2-3-8/h4-6,8H,2-3,15H2,1H3,(H,16,17). The summed E-state index contributed by atoms with van der Waals surface area (Å²) in [7, 11) is -3.72. The Kier molecular flexibility index (Phi) is 3.59. The number of nitrogens with two attached hydrogens (primary N) is 1. The molecule has 1 aromatic carbocycles. The van der Waals surface area contributed by atoms with Crippen molar-refractivity contribution >= 4 is 43.8 Å². The monoisotopic (exact) mass is 343 g/mol. The molecule has 0 aliphatic heterocycles. The topological polar surface area (TPSA) is 85.1 Å². The summed E-state index contributed by atoms with van der Waals surface area (Å²) in [5.41, 5.74) is 7.44. The number of thiazole rings is 1. The van der Waals surface area contributed by atoms with Crippen LogP contribution in [0.2, 0.25) is 5.02 Å². The number of aromatic nitrogens is 1. The van der Waals surface area contributed by atoms with Crippen LogP contribution in [0.4, 0.5) is 10.8 Å². The fraction of sp³-hybridized carbons (Fsp3) is 0.308. The lowest BCUT2D eigenvalue weighted by molar-refractivity contribution is 0.600. The van der Waals surface area contributed by atoms with Gasteiger partial charge in [-0.2, -0.15) is 0 Å². The van der Waals surface area contributed by atoms with E-state index in [9.17, 15) is 8.42 Å². The summed E-state index contributed by atoms with van der Waals surface area (Å²) in [5, 5.41) is 2.63. The molecule has 3 rings (SSSR count). The Bertz CT molecular complexity index is 798. The quantitative estimate of drug-likeness (QED) is 0.833. The fourth-order valence-electron chi connectivity index (χ4n) is 2.03. The molecule has 1 aliphatic carbocycles. The third-order valence-corrected chi connectivity index (χ3v) is 6.04. The third kappa shape index (κ3) is 3.00. The normalized spacial score (nSPS) is 15.1. The molecule has 1 fully saturated rings. The lowest BCUT2D eigenvalue weighted by Crippen LogP contribution is -2.14. The number of anilines is 2. The molecule has 2 aromatic rings. The highest BCUT2D eigenvalue weighted by molar-refractivity contribution is 7.93. The van der Waals surface area contributed by atoms with Crippen LogP contribution in [-0.4, -0.2) is 13.4 Å². The van der Waals surface area contributed by atoms with Crippen molar-refractivity contribution in [3.05, 3.63) is 33.8 Å². The van der Waals surface area contributed by atoms with E-state index >= 15 is 0 Å². The Labute approximate surface area is 132 Å². The van der Waals surface area contributed by atoms with E-state index in [1.54, 1.807) is 13.0 Å². The molecule has 0 bridgehead atoms. The molecule has 0 unspecified atom stereocenters. The van der Waals surface area contributed by atoms with Gasteiger partial charge in [-0.1, -0.05) is 11.6 Å². The summed E-state index contributed by atoms with van der Waals surface area (Å²) in [6.07, 6.45) is 2.26. The first-order valence-corrected chi connectivity index (χ1v) is 9.15. The number of nitrogens with one attached hydrogen (secondary N) is 1. The Hall–Kier alpha value is -1.31. The minimum atomic E-state index is -3.72. The molecule has 1 heterocycles. The molecule has 1 saturated carbocycles. The van der Waals surface area contributed by atoms with Gasteiger partial charge in [-0.25, -0.2) is 13.4 Å². The number of hydrogen-bond acceptors (Lipinski definition) is 5. The molecule has 5 nitrogen and oxygen atoms in total. The van der Waals surface area contributed by atoms with Crippen LogP contribution in [0.15, 0.2) is 22.4 Å². The smallest absolute Gasteiger partial charge is 0.264 e. The summed E-state index contributed by atoms with van der Waals surface area (Å²) in [6, 6.07) is 2.92. The van der Waals surface area contributed by atoms with E-state index in [0.29, 0.717) is 21.6 Å². The predicted molar refractivity (Wildman–Crippen MR) is 85.5 cm³/mol. The maximum Gasteiger partial charge on any atom is 0.264 e. The van der Waals surface area contributed by atoms with Crippen LogP contribution in [0.3, 0.4) is 0 Å². The van der Waals surface area contributed by atoms with Crippen LogP contribution in [0, 0.1) is 6.92 Å². The molecule has 1 aromatic heterocycles. The van der Waals surface area contributed by atoms with Gasteiger partial charge >= 0.3 is 0 Å². The van der Waals surface area contributed by atoms with Gasteiger partial charge in [0.2, 0.25) is 0 Å². The molecular weight excluding hydrogens is 330 g/mol. The Morgan fingerprint density at radius 2 is 2.14 bits per heavy atom. The minimum absolute atomic E-state index is 0.118. The van der Waals surface area contributed by atoms with Crippen molar-refractivity contribution in [2.75, 3.05) is 10.5 Å². The molecule has 0 radical (unpaired) electrons. The largest absolute Gasteiger partial charge is 0.397 e. The number of aryl methyl sites for hydroxylation is 1. The highest BCUT2D eigenvalue weighted by Crippen LogP contribution is 2.41. The number of halogens is 1. The van der Waals surface area contributed by atoms with Gasteiger partial charge in [-0.3, -0.25) is 4.72 Å². The molecule has 1 aliphatic rings. The third-order valence-electron chi connectivity index (χ3n) is 3.32. The van der Waals surface area contributed by atoms with Crippen LogP contribution >= 0.6 is 22.9 Å². The Balaban J connectivity index is 1.90.